The number of carbonyl (C=O) groups excluding carboxylic acids is 1. The van der Waals surface area contributed by atoms with Crippen molar-refractivity contribution in [1.82, 2.24) is 4.31 Å². The topological polar surface area (TPSA) is 80.7 Å². The van der Waals surface area contributed by atoms with Gasteiger partial charge in [-0.1, -0.05) is 6.92 Å². The molecule has 0 aromatic carbocycles. The third-order valence-corrected chi connectivity index (χ3v) is 1.83. The van der Waals surface area contributed by atoms with E-state index >= 15 is 0 Å². The highest BCUT2D eigenvalue weighted by Crippen LogP contribution is 1.97. The summed E-state index contributed by atoms with van der Waals surface area (Å²) in [6.07, 6.45) is -1.02. The lowest BCUT2D eigenvalue weighted by molar-refractivity contribution is -0.134. The third kappa shape index (κ3) is 2.96. The van der Waals surface area contributed by atoms with Crippen molar-refractivity contribution in [3.8, 4) is 0 Å². The number of carbonyl (C=O) groups is 1. The van der Waals surface area contributed by atoms with Crippen LogP contribution in [0.25, 0.3) is 0 Å². The molecule has 11 heavy (non-hydrogen) atoms. The second-order valence-electron chi connectivity index (χ2n) is 1.98. The molecule has 0 aromatic heterocycles. The summed E-state index contributed by atoms with van der Waals surface area (Å²) >= 11 is -2.59. The molecule has 6 heteroatoms. The first kappa shape index (κ1) is 10.5. The van der Waals surface area contributed by atoms with Crippen molar-refractivity contribution in [2.75, 3.05) is 7.05 Å². The summed E-state index contributed by atoms with van der Waals surface area (Å²) in [4.78, 5) is 10.8. The zero-order valence-corrected chi connectivity index (χ0v) is 7.13. The Morgan fingerprint density at radius 1 is 1.82 bits per heavy atom. The van der Waals surface area contributed by atoms with Crippen molar-refractivity contribution in [3.63, 3.8) is 0 Å². The van der Waals surface area contributed by atoms with Gasteiger partial charge in [-0.05, 0) is 6.42 Å². The molecule has 2 unspecified atom stereocenters. The second kappa shape index (κ2) is 4.42. The van der Waals surface area contributed by atoms with Gasteiger partial charge in [-0.2, -0.15) is 0 Å². The van der Waals surface area contributed by atoms with Crippen LogP contribution in [0.1, 0.15) is 13.3 Å². The summed E-state index contributed by atoms with van der Waals surface area (Å²) < 4.78 is 20.8. The van der Waals surface area contributed by atoms with Crippen LogP contribution < -0.4 is 0 Å². The molecule has 1 amide bonds. The predicted octanol–water partition coefficient (Wildman–Crippen LogP) is -0.990. The van der Waals surface area contributed by atoms with E-state index in [-0.39, 0.29) is 6.42 Å². The number of aliphatic hydroxyl groups excluding tert-OH is 1. The van der Waals surface area contributed by atoms with Crippen molar-refractivity contribution in [3.05, 3.63) is 0 Å². The number of likely N-dealkylation sites (N-methyl/N-ethyl adjacent to an activating group) is 1. The number of hydrogen-bond acceptors (Lipinski definition) is 4. The maximum absolute atomic E-state index is 10.8. The van der Waals surface area contributed by atoms with Gasteiger partial charge < -0.3 is 9.66 Å². The van der Waals surface area contributed by atoms with Crippen LogP contribution in [0.5, 0.6) is 0 Å². The van der Waals surface area contributed by atoms with Gasteiger partial charge in [-0.25, -0.2) is 0 Å². The van der Waals surface area contributed by atoms with Crippen LogP contribution in [-0.4, -0.2) is 37.2 Å². The molecule has 5 nitrogen and oxygen atoms in total. The van der Waals surface area contributed by atoms with E-state index in [4.69, 9.17) is 5.11 Å². The van der Waals surface area contributed by atoms with E-state index in [1.54, 1.807) is 6.92 Å². The molecule has 0 rings (SSSR count). The predicted molar refractivity (Wildman–Crippen MR) is 38.0 cm³/mol. The lowest BCUT2D eigenvalue weighted by Crippen LogP contribution is -2.36. The largest absolute Gasteiger partial charge is 0.755 e. The second-order valence-corrected chi connectivity index (χ2v) is 2.96. The quantitative estimate of drug-likeness (QED) is 0.565. The van der Waals surface area contributed by atoms with E-state index in [1.807, 2.05) is 0 Å². The van der Waals surface area contributed by atoms with Crippen molar-refractivity contribution in [1.29, 1.82) is 0 Å². The normalized spacial score (nSPS) is 15.6. The third-order valence-electron chi connectivity index (χ3n) is 1.21. The van der Waals surface area contributed by atoms with Gasteiger partial charge in [0, 0.05) is 18.3 Å². The van der Waals surface area contributed by atoms with Crippen molar-refractivity contribution < 1.29 is 18.7 Å². The van der Waals surface area contributed by atoms with Gasteiger partial charge in [-0.15, -0.1) is 0 Å². The Labute approximate surface area is 67.4 Å². The highest BCUT2D eigenvalue weighted by molar-refractivity contribution is 7.77. The average Bonchev–Trinajstić information content (AvgIpc) is 2.00. The van der Waals surface area contributed by atoms with Crippen LogP contribution in [0, 0.1) is 0 Å². The highest BCUT2D eigenvalue weighted by atomic mass is 32.2. The van der Waals surface area contributed by atoms with Crippen LogP contribution in [0.15, 0.2) is 0 Å². The first-order chi connectivity index (χ1) is 5.00. The fourth-order valence-corrected chi connectivity index (χ4v) is 0.727. The number of amides is 1. The monoisotopic (exact) mass is 180 g/mol. The maximum Gasteiger partial charge on any atom is 0.261 e. The minimum absolute atomic E-state index is 0.209. The molecule has 0 fully saturated rings. The van der Waals surface area contributed by atoms with Crippen molar-refractivity contribution in [2.45, 2.75) is 19.4 Å². The molecule has 1 N–H and O–H groups in total. The SMILES string of the molecule is CCC(O)C(=O)N(C)S(=O)[O-]. The van der Waals surface area contributed by atoms with Gasteiger partial charge in [0.25, 0.3) is 5.91 Å². The van der Waals surface area contributed by atoms with E-state index in [0.29, 0.717) is 4.31 Å². The molecule has 0 spiro atoms. The van der Waals surface area contributed by atoms with Gasteiger partial charge in [0.15, 0.2) is 0 Å². The molecule has 0 saturated carbocycles. The molecule has 0 aliphatic carbocycles. The van der Waals surface area contributed by atoms with Gasteiger partial charge in [0.1, 0.15) is 6.10 Å². The summed E-state index contributed by atoms with van der Waals surface area (Å²) in [5.41, 5.74) is 0. The zero-order valence-electron chi connectivity index (χ0n) is 6.31. The summed E-state index contributed by atoms with van der Waals surface area (Å²) in [5.74, 6) is -0.805. The molecule has 0 heterocycles. The molecule has 0 aliphatic rings. The van der Waals surface area contributed by atoms with E-state index in [0.717, 1.165) is 7.05 Å². The number of hydrogen-bond donors (Lipinski definition) is 1. The zero-order chi connectivity index (χ0) is 9.02. The Morgan fingerprint density at radius 2 is 2.27 bits per heavy atom. The molecule has 0 aromatic rings. The lowest BCUT2D eigenvalue weighted by Gasteiger charge is -2.21. The van der Waals surface area contributed by atoms with E-state index in [9.17, 15) is 13.6 Å². The Bertz CT molecular complexity index is 172. The average molecular weight is 180 g/mol. The van der Waals surface area contributed by atoms with Crippen LogP contribution in [-0.2, 0) is 16.1 Å². The summed E-state index contributed by atoms with van der Waals surface area (Å²) in [5, 5.41) is 8.88. The molecule has 2 atom stereocenters. The standard InChI is InChI=1S/C5H11NO4S/c1-3-4(7)5(8)6(2)11(9)10/h4,7H,3H2,1-2H3,(H,9,10)/p-1. The van der Waals surface area contributed by atoms with Crippen molar-refractivity contribution >= 4 is 17.2 Å². The molecular formula is C5H10NO4S-. The molecule has 0 saturated heterocycles. The fraction of sp³-hybridized carbons (Fsp3) is 0.800. The minimum Gasteiger partial charge on any atom is -0.755 e. The molecule has 0 aliphatic heterocycles. The van der Waals surface area contributed by atoms with Gasteiger partial charge in [0.05, 0.1) is 0 Å². The molecular weight excluding hydrogens is 170 g/mol. The van der Waals surface area contributed by atoms with E-state index in [1.165, 1.54) is 0 Å². The Balaban J connectivity index is 4.13. The minimum atomic E-state index is -2.59. The highest BCUT2D eigenvalue weighted by Gasteiger charge is 2.17. The van der Waals surface area contributed by atoms with E-state index < -0.39 is 23.3 Å². The van der Waals surface area contributed by atoms with Crippen LogP contribution in [0.4, 0.5) is 0 Å². The van der Waals surface area contributed by atoms with E-state index in [2.05, 4.69) is 0 Å². The summed E-state index contributed by atoms with van der Waals surface area (Å²) in [6, 6.07) is 0. The van der Waals surface area contributed by atoms with Gasteiger partial charge >= 0.3 is 0 Å². The Hall–Kier alpha value is -0.460. The molecule has 0 bridgehead atoms. The van der Waals surface area contributed by atoms with Crippen molar-refractivity contribution in [2.24, 2.45) is 0 Å². The van der Waals surface area contributed by atoms with Crippen LogP contribution in [0.3, 0.4) is 0 Å². The smallest absolute Gasteiger partial charge is 0.261 e. The summed E-state index contributed by atoms with van der Waals surface area (Å²) in [6.45, 7) is 1.59. The molecule has 66 valence electrons. The Morgan fingerprint density at radius 3 is 2.55 bits per heavy atom. The Kier molecular flexibility index (Phi) is 4.24. The van der Waals surface area contributed by atoms with Crippen LogP contribution >= 0.6 is 0 Å². The van der Waals surface area contributed by atoms with Crippen LogP contribution in [0.2, 0.25) is 0 Å². The number of rotatable bonds is 3. The fourth-order valence-electron chi connectivity index (χ4n) is 0.458. The number of nitrogens with zero attached hydrogens (tertiary/aromatic N) is 1. The number of aliphatic hydroxyl groups is 1. The molecule has 0 radical (unpaired) electrons. The lowest BCUT2D eigenvalue weighted by atomic mass is 10.3. The van der Waals surface area contributed by atoms with Gasteiger partial charge in [-0.3, -0.25) is 13.3 Å². The summed E-state index contributed by atoms with van der Waals surface area (Å²) in [7, 11) is 1.09. The first-order valence-electron chi connectivity index (χ1n) is 3.05. The maximum atomic E-state index is 10.8. The first-order valence-corrected chi connectivity index (χ1v) is 4.08. The van der Waals surface area contributed by atoms with Gasteiger partial charge in [0.2, 0.25) is 0 Å².